The Morgan fingerprint density at radius 2 is 2.24 bits per heavy atom. The van der Waals surface area contributed by atoms with Crippen molar-refractivity contribution in [1.29, 1.82) is 0 Å². The Balaban J connectivity index is 2.28. The Morgan fingerprint density at radius 1 is 1.41 bits per heavy atom. The number of nitrogens with two attached hydrogens (primary N) is 1. The molecule has 17 heavy (non-hydrogen) atoms. The maximum Gasteiger partial charge on any atom is 0.132 e. The molecule has 0 aromatic carbocycles. The number of nitrogens with zero attached hydrogens (tertiary/aromatic N) is 2. The van der Waals surface area contributed by atoms with Crippen LogP contribution in [0.2, 0.25) is 0 Å². The summed E-state index contributed by atoms with van der Waals surface area (Å²) in [6, 6.07) is 1.75. The molecule has 1 aromatic rings. The second-order valence-corrected chi connectivity index (χ2v) is 4.79. The lowest BCUT2D eigenvalue weighted by atomic mass is 10.4. The molecule has 0 aliphatic carbocycles. The summed E-state index contributed by atoms with van der Waals surface area (Å²) in [6.07, 6.45) is 1.63. The SMILES string of the molecule is CCc1nc(N)cc(NCCSCCCO)n1. The minimum atomic E-state index is 0.267. The van der Waals surface area contributed by atoms with Gasteiger partial charge in [0.05, 0.1) is 0 Å². The van der Waals surface area contributed by atoms with Crippen LogP contribution in [-0.2, 0) is 6.42 Å². The summed E-state index contributed by atoms with van der Waals surface area (Å²) in [5.41, 5.74) is 5.68. The molecule has 0 spiro atoms. The number of rotatable bonds is 8. The molecule has 0 saturated carbocycles. The fraction of sp³-hybridized carbons (Fsp3) is 0.636. The highest BCUT2D eigenvalue weighted by molar-refractivity contribution is 7.99. The molecule has 0 radical (unpaired) electrons. The normalized spacial score (nSPS) is 10.5. The lowest BCUT2D eigenvalue weighted by Crippen LogP contribution is -2.09. The number of aliphatic hydroxyl groups excluding tert-OH is 1. The summed E-state index contributed by atoms with van der Waals surface area (Å²) in [5, 5.41) is 11.9. The molecule has 0 atom stereocenters. The van der Waals surface area contributed by atoms with E-state index in [0.29, 0.717) is 5.82 Å². The van der Waals surface area contributed by atoms with Crippen molar-refractivity contribution in [2.24, 2.45) is 0 Å². The summed E-state index contributed by atoms with van der Waals surface area (Å²) < 4.78 is 0. The molecule has 0 bridgehead atoms. The molecule has 96 valence electrons. The number of nitrogen functional groups attached to an aromatic ring is 1. The van der Waals surface area contributed by atoms with E-state index in [1.807, 2.05) is 18.7 Å². The fourth-order valence-corrected chi connectivity index (χ4v) is 2.07. The van der Waals surface area contributed by atoms with E-state index < -0.39 is 0 Å². The molecule has 0 amide bonds. The molecule has 1 aromatic heterocycles. The van der Waals surface area contributed by atoms with Gasteiger partial charge in [0.2, 0.25) is 0 Å². The van der Waals surface area contributed by atoms with E-state index in [4.69, 9.17) is 10.8 Å². The molecular formula is C11H20N4OS. The molecule has 6 heteroatoms. The van der Waals surface area contributed by atoms with E-state index >= 15 is 0 Å². The van der Waals surface area contributed by atoms with Gasteiger partial charge >= 0.3 is 0 Å². The van der Waals surface area contributed by atoms with Gasteiger partial charge in [-0.15, -0.1) is 0 Å². The van der Waals surface area contributed by atoms with Crippen LogP contribution < -0.4 is 11.1 Å². The van der Waals surface area contributed by atoms with Gasteiger partial charge < -0.3 is 16.2 Å². The zero-order valence-electron chi connectivity index (χ0n) is 10.1. The van der Waals surface area contributed by atoms with Crippen LogP contribution in [-0.4, -0.2) is 39.7 Å². The lowest BCUT2D eigenvalue weighted by Gasteiger charge is -2.07. The number of hydrogen-bond acceptors (Lipinski definition) is 6. The number of hydrogen-bond donors (Lipinski definition) is 3. The molecule has 1 heterocycles. The first kappa shape index (κ1) is 14.1. The van der Waals surface area contributed by atoms with Crippen molar-refractivity contribution in [1.82, 2.24) is 9.97 Å². The summed E-state index contributed by atoms with van der Waals surface area (Å²) >= 11 is 1.81. The predicted octanol–water partition coefficient (Wildman–Crippen LogP) is 1.15. The number of aryl methyl sites for hydroxylation is 1. The summed E-state index contributed by atoms with van der Waals surface area (Å²) in [5.74, 6) is 4.04. The van der Waals surface area contributed by atoms with Gasteiger partial charge in [0.25, 0.3) is 0 Å². The van der Waals surface area contributed by atoms with Crippen LogP contribution in [0.1, 0.15) is 19.2 Å². The van der Waals surface area contributed by atoms with E-state index in [9.17, 15) is 0 Å². The largest absolute Gasteiger partial charge is 0.396 e. The lowest BCUT2D eigenvalue weighted by molar-refractivity contribution is 0.296. The van der Waals surface area contributed by atoms with Crippen molar-refractivity contribution in [3.05, 3.63) is 11.9 Å². The Bertz CT molecular complexity index is 335. The zero-order valence-corrected chi connectivity index (χ0v) is 11.0. The summed E-state index contributed by atoms with van der Waals surface area (Å²) in [4.78, 5) is 8.45. The topological polar surface area (TPSA) is 84.1 Å². The van der Waals surface area contributed by atoms with Crippen LogP contribution in [0.15, 0.2) is 6.07 Å². The summed E-state index contributed by atoms with van der Waals surface area (Å²) in [7, 11) is 0. The number of aromatic nitrogens is 2. The van der Waals surface area contributed by atoms with Crippen LogP contribution in [0, 0.1) is 0 Å². The molecule has 0 aliphatic rings. The van der Waals surface area contributed by atoms with E-state index in [2.05, 4.69) is 15.3 Å². The van der Waals surface area contributed by atoms with Crippen molar-refractivity contribution >= 4 is 23.4 Å². The molecular weight excluding hydrogens is 236 g/mol. The highest BCUT2D eigenvalue weighted by atomic mass is 32.2. The third kappa shape index (κ3) is 5.74. The van der Waals surface area contributed by atoms with Crippen molar-refractivity contribution < 1.29 is 5.11 Å². The minimum Gasteiger partial charge on any atom is -0.396 e. The standard InChI is InChI=1S/C11H20N4OS/c1-2-10-14-9(12)8-11(15-10)13-4-7-17-6-3-5-16/h8,16H,2-7H2,1H3,(H3,12,13,14,15). The van der Waals surface area contributed by atoms with Gasteiger partial charge in [0, 0.05) is 31.4 Å². The third-order valence-corrected chi connectivity index (χ3v) is 3.18. The fourth-order valence-electron chi connectivity index (χ4n) is 1.29. The Hall–Kier alpha value is -1.01. The number of anilines is 2. The van der Waals surface area contributed by atoms with Crippen LogP contribution in [0.25, 0.3) is 0 Å². The number of aliphatic hydroxyl groups is 1. The van der Waals surface area contributed by atoms with Crippen molar-refractivity contribution in [3.8, 4) is 0 Å². The van der Waals surface area contributed by atoms with E-state index in [-0.39, 0.29) is 6.61 Å². The average molecular weight is 256 g/mol. The summed E-state index contributed by atoms with van der Waals surface area (Å²) in [6.45, 7) is 3.11. The maximum absolute atomic E-state index is 8.63. The van der Waals surface area contributed by atoms with Crippen molar-refractivity contribution in [3.63, 3.8) is 0 Å². The van der Waals surface area contributed by atoms with Gasteiger partial charge in [-0.3, -0.25) is 0 Å². The van der Waals surface area contributed by atoms with Crippen LogP contribution in [0.4, 0.5) is 11.6 Å². The second-order valence-electron chi connectivity index (χ2n) is 3.56. The monoisotopic (exact) mass is 256 g/mol. The molecule has 5 nitrogen and oxygen atoms in total. The highest BCUT2D eigenvalue weighted by Crippen LogP contribution is 2.09. The molecule has 4 N–H and O–H groups in total. The van der Waals surface area contributed by atoms with Crippen molar-refractivity contribution in [2.45, 2.75) is 19.8 Å². The molecule has 1 rings (SSSR count). The van der Waals surface area contributed by atoms with E-state index in [1.165, 1.54) is 0 Å². The minimum absolute atomic E-state index is 0.267. The average Bonchev–Trinajstić information content (AvgIpc) is 2.33. The van der Waals surface area contributed by atoms with Gasteiger partial charge in [-0.1, -0.05) is 6.92 Å². The smallest absolute Gasteiger partial charge is 0.132 e. The van der Waals surface area contributed by atoms with Crippen LogP contribution >= 0.6 is 11.8 Å². The van der Waals surface area contributed by atoms with Crippen LogP contribution in [0.3, 0.4) is 0 Å². The first-order valence-electron chi connectivity index (χ1n) is 5.82. The third-order valence-electron chi connectivity index (χ3n) is 2.11. The van der Waals surface area contributed by atoms with Crippen molar-refractivity contribution in [2.75, 3.05) is 35.7 Å². The van der Waals surface area contributed by atoms with Gasteiger partial charge in [0.15, 0.2) is 0 Å². The maximum atomic E-state index is 8.63. The molecule has 0 saturated heterocycles. The Morgan fingerprint density at radius 3 is 2.94 bits per heavy atom. The number of thioether (sulfide) groups is 1. The van der Waals surface area contributed by atoms with Gasteiger partial charge in [-0.05, 0) is 12.2 Å². The van der Waals surface area contributed by atoms with Gasteiger partial charge in [0.1, 0.15) is 17.5 Å². The first-order valence-corrected chi connectivity index (χ1v) is 6.97. The van der Waals surface area contributed by atoms with Gasteiger partial charge in [-0.2, -0.15) is 11.8 Å². The number of nitrogens with one attached hydrogen (secondary N) is 1. The second kappa shape index (κ2) is 8.14. The molecule has 0 aliphatic heterocycles. The van der Waals surface area contributed by atoms with Gasteiger partial charge in [-0.25, -0.2) is 9.97 Å². The zero-order chi connectivity index (χ0) is 12.5. The Labute approximate surface area is 106 Å². The molecule has 0 unspecified atom stereocenters. The predicted molar refractivity (Wildman–Crippen MR) is 73.3 cm³/mol. The quantitative estimate of drug-likeness (QED) is 0.605. The Kier molecular flexibility index (Phi) is 6.73. The van der Waals surface area contributed by atoms with E-state index in [0.717, 1.165) is 42.5 Å². The van der Waals surface area contributed by atoms with Crippen LogP contribution in [0.5, 0.6) is 0 Å². The first-order chi connectivity index (χ1) is 8.26. The molecule has 0 fully saturated rings. The van der Waals surface area contributed by atoms with E-state index in [1.54, 1.807) is 6.07 Å². The highest BCUT2D eigenvalue weighted by Gasteiger charge is 2.00.